The Bertz CT molecular complexity index is 808. The van der Waals surface area contributed by atoms with Crippen molar-refractivity contribution in [2.75, 3.05) is 6.54 Å². The van der Waals surface area contributed by atoms with E-state index in [1.807, 2.05) is 13.0 Å². The maximum absolute atomic E-state index is 11.5. The summed E-state index contributed by atoms with van der Waals surface area (Å²) in [4.78, 5) is 0. The van der Waals surface area contributed by atoms with Crippen LogP contribution in [-0.4, -0.2) is 42.9 Å². The van der Waals surface area contributed by atoms with Crippen LogP contribution in [0.1, 0.15) is 49.8 Å². The molecule has 0 aliphatic heterocycles. The van der Waals surface area contributed by atoms with E-state index in [0.29, 0.717) is 12.0 Å². The lowest BCUT2D eigenvalue weighted by Crippen LogP contribution is -2.44. The first-order valence-electron chi connectivity index (χ1n) is 9.73. The van der Waals surface area contributed by atoms with Gasteiger partial charge >= 0.3 is 0 Å². The van der Waals surface area contributed by atoms with Gasteiger partial charge in [0.15, 0.2) is 11.5 Å². The first-order valence-corrected chi connectivity index (χ1v) is 9.73. The van der Waals surface area contributed by atoms with Crippen LogP contribution in [0.25, 0.3) is 0 Å². The second-order valence-electron chi connectivity index (χ2n) is 7.77. The first-order chi connectivity index (χ1) is 13.5. The lowest BCUT2D eigenvalue weighted by molar-refractivity contribution is -0.00653. The van der Waals surface area contributed by atoms with Gasteiger partial charge in [0.2, 0.25) is 11.5 Å². The van der Waals surface area contributed by atoms with Crippen molar-refractivity contribution in [3.05, 3.63) is 47.0 Å². The summed E-state index contributed by atoms with van der Waals surface area (Å²) in [6.45, 7) is 5.41. The Kier molecular flexibility index (Phi) is 7.00. The predicted molar refractivity (Wildman–Crippen MR) is 110 cm³/mol. The van der Waals surface area contributed by atoms with Gasteiger partial charge < -0.3 is 30.6 Å². The van der Waals surface area contributed by atoms with Crippen LogP contribution in [0.5, 0.6) is 23.0 Å². The van der Waals surface area contributed by atoms with E-state index in [1.54, 1.807) is 31.2 Å². The van der Waals surface area contributed by atoms with Gasteiger partial charge in [0, 0.05) is 24.1 Å². The quantitative estimate of drug-likeness (QED) is 0.194. The van der Waals surface area contributed by atoms with Gasteiger partial charge in [0.1, 0.15) is 5.72 Å². The summed E-state index contributed by atoms with van der Waals surface area (Å²) in [6, 6.07) is 8.86. The fourth-order valence-electron chi connectivity index (χ4n) is 3.57. The highest BCUT2D eigenvalue weighted by Gasteiger charge is 2.34. The van der Waals surface area contributed by atoms with Crippen molar-refractivity contribution in [3.8, 4) is 23.0 Å². The van der Waals surface area contributed by atoms with Crippen molar-refractivity contribution in [2.45, 2.75) is 57.8 Å². The van der Waals surface area contributed by atoms with E-state index in [1.165, 1.54) is 6.92 Å². The molecular weight excluding hydrogens is 374 g/mol. The number of phenolic OH excluding ortho intramolecular Hbond substituents is 4. The minimum atomic E-state index is -1.46. The molecule has 2 unspecified atom stereocenters. The molecule has 0 spiro atoms. The van der Waals surface area contributed by atoms with E-state index in [9.17, 15) is 30.6 Å². The van der Waals surface area contributed by atoms with Crippen molar-refractivity contribution in [1.82, 2.24) is 5.32 Å². The van der Waals surface area contributed by atoms with Crippen LogP contribution in [0.2, 0.25) is 0 Å². The van der Waals surface area contributed by atoms with E-state index in [0.717, 1.165) is 6.42 Å². The largest absolute Gasteiger partial charge is 0.504 e. The van der Waals surface area contributed by atoms with E-state index in [2.05, 4.69) is 5.32 Å². The molecule has 160 valence electrons. The van der Waals surface area contributed by atoms with Gasteiger partial charge in [-0.2, -0.15) is 0 Å². The average molecular weight is 405 g/mol. The van der Waals surface area contributed by atoms with Gasteiger partial charge in [-0.25, -0.2) is 0 Å². The summed E-state index contributed by atoms with van der Waals surface area (Å²) in [6.07, 6.45) is 1.42. The minimum absolute atomic E-state index is 0.117. The zero-order valence-electron chi connectivity index (χ0n) is 17.1. The fraction of sp³-hybridized carbons (Fsp3) is 0.455. The fourth-order valence-corrected chi connectivity index (χ4v) is 3.57. The average Bonchev–Trinajstić information content (AvgIpc) is 2.69. The molecule has 0 radical (unpaired) electrons. The van der Waals surface area contributed by atoms with Crippen LogP contribution < -0.4 is 5.32 Å². The van der Waals surface area contributed by atoms with Crippen molar-refractivity contribution in [2.24, 2.45) is 0 Å². The zero-order valence-corrected chi connectivity index (χ0v) is 17.1. The topological polar surface area (TPSA) is 133 Å². The summed E-state index contributed by atoms with van der Waals surface area (Å²) in [5.41, 5.74) is -1.65. The third-order valence-corrected chi connectivity index (χ3v) is 5.33. The van der Waals surface area contributed by atoms with Crippen molar-refractivity contribution >= 4 is 0 Å². The van der Waals surface area contributed by atoms with Crippen LogP contribution in [0.15, 0.2) is 30.3 Å². The molecule has 0 heterocycles. The van der Waals surface area contributed by atoms with Gasteiger partial charge in [-0.15, -0.1) is 0 Å². The monoisotopic (exact) mass is 405 g/mol. The van der Waals surface area contributed by atoms with Gasteiger partial charge in [-0.3, -0.25) is 5.32 Å². The van der Waals surface area contributed by atoms with Gasteiger partial charge in [-0.1, -0.05) is 43.7 Å². The van der Waals surface area contributed by atoms with Crippen molar-refractivity contribution in [3.63, 3.8) is 0 Å². The third kappa shape index (κ3) is 5.12. The second-order valence-corrected chi connectivity index (χ2v) is 7.77. The molecule has 7 nitrogen and oxygen atoms in total. The molecule has 0 aliphatic carbocycles. The Morgan fingerprint density at radius 3 is 2.03 bits per heavy atom. The highest BCUT2D eigenvalue weighted by atomic mass is 16.3. The number of hydrogen-bond donors (Lipinski definition) is 7. The normalized spacial score (nSPS) is 15.6. The first kappa shape index (κ1) is 22.8. The van der Waals surface area contributed by atoms with E-state index in [-0.39, 0.29) is 30.5 Å². The van der Waals surface area contributed by atoms with Gasteiger partial charge in [-0.05, 0) is 32.3 Å². The Morgan fingerprint density at radius 2 is 1.45 bits per heavy atom. The molecule has 0 fully saturated rings. The Morgan fingerprint density at radius 1 is 0.862 bits per heavy atom. The molecule has 0 saturated heterocycles. The second kappa shape index (κ2) is 8.90. The molecule has 29 heavy (non-hydrogen) atoms. The van der Waals surface area contributed by atoms with Crippen molar-refractivity contribution < 1.29 is 30.6 Å². The standard InChI is InChI=1S/C22H31NO6/c1-4-10-21(3,28)23-12-11-22(29,15-8-6-5-7-9-15)13-16-14(2)17(24)19(26)20(27)18(16)25/h5-9,23-29H,4,10-13H2,1-3H3. The molecule has 2 aromatic carbocycles. The summed E-state index contributed by atoms with van der Waals surface area (Å²) < 4.78 is 0. The number of aromatic hydroxyl groups is 4. The van der Waals surface area contributed by atoms with E-state index in [4.69, 9.17) is 0 Å². The summed E-state index contributed by atoms with van der Waals surface area (Å²) in [7, 11) is 0. The summed E-state index contributed by atoms with van der Waals surface area (Å²) >= 11 is 0. The lowest BCUT2D eigenvalue weighted by Gasteiger charge is -2.32. The molecule has 0 amide bonds. The number of benzene rings is 2. The molecule has 7 heteroatoms. The lowest BCUT2D eigenvalue weighted by atomic mass is 9.82. The number of hydrogen-bond acceptors (Lipinski definition) is 7. The van der Waals surface area contributed by atoms with Gasteiger partial charge in [0.25, 0.3) is 0 Å². The number of aliphatic hydroxyl groups is 2. The number of phenols is 4. The summed E-state index contributed by atoms with van der Waals surface area (Å²) in [5.74, 6) is -2.76. The maximum atomic E-state index is 11.5. The SMILES string of the molecule is CCCC(C)(O)NCCC(O)(Cc1c(C)c(O)c(O)c(O)c1O)c1ccccc1. The molecule has 0 aromatic heterocycles. The van der Waals surface area contributed by atoms with Crippen LogP contribution >= 0.6 is 0 Å². The smallest absolute Gasteiger partial charge is 0.204 e. The minimum Gasteiger partial charge on any atom is -0.504 e. The Hall–Kier alpha value is -2.48. The Balaban J connectivity index is 2.38. The zero-order chi connectivity index (χ0) is 21.8. The van der Waals surface area contributed by atoms with Crippen LogP contribution in [-0.2, 0) is 12.0 Å². The molecular formula is C22H31NO6. The van der Waals surface area contributed by atoms with E-state index >= 15 is 0 Å². The van der Waals surface area contributed by atoms with Crippen LogP contribution in [0.4, 0.5) is 0 Å². The van der Waals surface area contributed by atoms with Crippen LogP contribution in [0.3, 0.4) is 0 Å². The molecule has 2 rings (SSSR count). The Labute approximate surface area is 170 Å². The highest BCUT2D eigenvalue weighted by Crippen LogP contribution is 2.48. The van der Waals surface area contributed by atoms with E-state index < -0.39 is 34.3 Å². The molecule has 0 saturated carbocycles. The molecule has 7 N–H and O–H groups in total. The number of nitrogens with one attached hydrogen (secondary N) is 1. The maximum Gasteiger partial charge on any atom is 0.204 e. The molecule has 0 aliphatic rings. The van der Waals surface area contributed by atoms with Gasteiger partial charge in [0.05, 0.1) is 5.60 Å². The van der Waals surface area contributed by atoms with Crippen LogP contribution in [0, 0.1) is 6.92 Å². The third-order valence-electron chi connectivity index (χ3n) is 5.33. The van der Waals surface area contributed by atoms with Crippen molar-refractivity contribution in [1.29, 1.82) is 0 Å². The molecule has 2 aromatic rings. The molecule has 0 bridgehead atoms. The number of rotatable bonds is 9. The summed E-state index contributed by atoms with van der Waals surface area (Å²) in [5, 5.41) is 64.9. The molecule has 2 atom stereocenters. The predicted octanol–water partition coefficient (Wildman–Crippen LogP) is 2.74. The highest BCUT2D eigenvalue weighted by molar-refractivity contribution is 5.64.